The molecule has 1 aliphatic rings. The van der Waals surface area contributed by atoms with Crippen molar-refractivity contribution in [3.8, 4) is 0 Å². The number of hydrogen-bond acceptors (Lipinski definition) is 6. The normalized spacial score (nSPS) is 22.0. The van der Waals surface area contributed by atoms with Gasteiger partial charge in [0.2, 0.25) is 0 Å². The number of methoxy groups -OCH3 is 1. The van der Waals surface area contributed by atoms with Crippen molar-refractivity contribution in [2.24, 2.45) is 0 Å². The van der Waals surface area contributed by atoms with E-state index in [0.717, 1.165) is 12.8 Å². The van der Waals surface area contributed by atoms with Crippen molar-refractivity contribution in [3.63, 3.8) is 0 Å². The van der Waals surface area contributed by atoms with E-state index in [1.54, 1.807) is 24.1 Å². The van der Waals surface area contributed by atoms with Crippen LogP contribution in [0.5, 0.6) is 0 Å². The van der Waals surface area contributed by atoms with Gasteiger partial charge in [-0.2, -0.15) is 4.98 Å². The van der Waals surface area contributed by atoms with Gasteiger partial charge in [0.05, 0.1) is 6.26 Å². The molecule has 1 aliphatic heterocycles. The highest BCUT2D eigenvalue weighted by atomic mass is 16.5. The van der Waals surface area contributed by atoms with Gasteiger partial charge in [0, 0.05) is 25.6 Å². The quantitative estimate of drug-likeness (QED) is 0.859. The van der Waals surface area contributed by atoms with Crippen molar-refractivity contribution >= 4 is 5.91 Å². The molecule has 1 unspecified atom stereocenters. The largest absolute Gasteiger partial charge is 0.459 e. The summed E-state index contributed by atoms with van der Waals surface area (Å²) in [6.45, 7) is 3.59. The molecule has 0 spiro atoms. The van der Waals surface area contributed by atoms with Gasteiger partial charge in [-0.15, -0.1) is 0 Å². The lowest BCUT2D eigenvalue weighted by molar-refractivity contribution is 0.0610. The van der Waals surface area contributed by atoms with Crippen LogP contribution in [0.2, 0.25) is 0 Å². The second kappa shape index (κ2) is 5.92. The zero-order valence-electron chi connectivity index (χ0n) is 12.7. The van der Waals surface area contributed by atoms with Gasteiger partial charge in [-0.1, -0.05) is 12.1 Å². The molecule has 1 atom stereocenters. The number of furan rings is 1. The number of rotatable bonds is 4. The Labute approximate surface area is 128 Å². The van der Waals surface area contributed by atoms with E-state index in [1.165, 1.54) is 6.26 Å². The molecule has 0 N–H and O–H groups in total. The molecule has 118 valence electrons. The van der Waals surface area contributed by atoms with Gasteiger partial charge in [-0.05, 0) is 25.0 Å². The lowest BCUT2D eigenvalue weighted by Crippen LogP contribution is -2.47. The van der Waals surface area contributed by atoms with E-state index < -0.39 is 0 Å². The monoisotopic (exact) mass is 305 g/mol. The van der Waals surface area contributed by atoms with Gasteiger partial charge in [0.1, 0.15) is 6.61 Å². The first-order valence-corrected chi connectivity index (χ1v) is 7.27. The molecule has 0 bridgehead atoms. The van der Waals surface area contributed by atoms with E-state index in [0.29, 0.717) is 30.6 Å². The zero-order chi connectivity index (χ0) is 15.6. The van der Waals surface area contributed by atoms with Crippen LogP contribution in [0.25, 0.3) is 0 Å². The second-order valence-electron chi connectivity index (χ2n) is 5.81. The maximum absolute atomic E-state index is 12.4. The van der Waals surface area contributed by atoms with Gasteiger partial charge in [0.15, 0.2) is 11.6 Å². The summed E-state index contributed by atoms with van der Waals surface area (Å²) in [5.74, 6) is 1.33. The van der Waals surface area contributed by atoms with E-state index in [9.17, 15) is 4.79 Å². The predicted molar refractivity (Wildman–Crippen MR) is 76.2 cm³/mol. The van der Waals surface area contributed by atoms with Gasteiger partial charge >= 0.3 is 0 Å². The molecule has 0 aliphatic carbocycles. The van der Waals surface area contributed by atoms with E-state index in [4.69, 9.17) is 13.7 Å². The SMILES string of the molecule is COCc1nc(C2(C)CCCN(C(=O)c3ccco3)C2)no1. The molecule has 2 aromatic heterocycles. The summed E-state index contributed by atoms with van der Waals surface area (Å²) in [4.78, 5) is 18.6. The number of piperidine rings is 1. The lowest BCUT2D eigenvalue weighted by Gasteiger charge is -2.38. The molecule has 3 rings (SSSR count). The first kappa shape index (κ1) is 14.8. The lowest BCUT2D eigenvalue weighted by atomic mass is 9.81. The van der Waals surface area contributed by atoms with Crippen molar-refractivity contribution in [3.05, 3.63) is 35.9 Å². The molecule has 1 fully saturated rings. The molecule has 1 amide bonds. The van der Waals surface area contributed by atoms with Crippen molar-refractivity contribution in [1.29, 1.82) is 0 Å². The Hall–Kier alpha value is -2.15. The van der Waals surface area contributed by atoms with Crippen LogP contribution in [0, 0.1) is 0 Å². The summed E-state index contributed by atoms with van der Waals surface area (Å²) in [7, 11) is 1.58. The number of ether oxygens (including phenoxy) is 1. The minimum atomic E-state index is -0.323. The number of nitrogens with zero attached hydrogens (tertiary/aromatic N) is 3. The van der Waals surface area contributed by atoms with Crippen LogP contribution in [-0.4, -0.2) is 41.1 Å². The number of likely N-dealkylation sites (tertiary alicyclic amines) is 1. The minimum absolute atomic E-state index is 0.100. The first-order valence-electron chi connectivity index (χ1n) is 7.27. The van der Waals surface area contributed by atoms with Crippen molar-refractivity contribution < 1.29 is 18.5 Å². The summed E-state index contributed by atoms with van der Waals surface area (Å²) >= 11 is 0. The molecule has 0 saturated carbocycles. The Morgan fingerprint density at radius 3 is 3.14 bits per heavy atom. The highest BCUT2D eigenvalue weighted by Crippen LogP contribution is 2.32. The Morgan fingerprint density at radius 1 is 1.55 bits per heavy atom. The van der Waals surface area contributed by atoms with E-state index in [2.05, 4.69) is 17.1 Å². The van der Waals surface area contributed by atoms with Crippen molar-refractivity contribution in [2.45, 2.75) is 31.8 Å². The van der Waals surface area contributed by atoms with Gasteiger partial charge in [-0.25, -0.2) is 0 Å². The highest BCUT2D eigenvalue weighted by Gasteiger charge is 2.39. The number of carbonyl (C=O) groups excluding carboxylic acids is 1. The number of aromatic nitrogens is 2. The van der Waals surface area contributed by atoms with Crippen LogP contribution < -0.4 is 0 Å². The third kappa shape index (κ3) is 2.76. The summed E-state index contributed by atoms with van der Waals surface area (Å²) in [6.07, 6.45) is 3.30. The number of hydrogen-bond donors (Lipinski definition) is 0. The van der Waals surface area contributed by atoms with Crippen LogP contribution >= 0.6 is 0 Å². The molecular formula is C15H19N3O4. The Kier molecular flexibility index (Phi) is 3.98. The molecule has 7 nitrogen and oxygen atoms in total. The smallest absolute Gasteiger partial charge is 0.289 e. The molecule has 22 heavy (non-hydrogen) atoms. The van der Waals surface area contributed by atoms with Gasteiger partial charge in [0.25, 0.3) is 11.8 Å². The maximum atomic E-state index is 12.4. The average Bonchev–Trinajstić information content (AvgIpc) is 3.18. The fourth-order valence-corrected chi connectivity index (χ4v) is 2.83. The molecule has 7 heteroatoms. The molecule has 0 aromatic carbocycles. The van der Waals surface area contributed by atoms with Crippen LogP contribution in [0.1, 0.15) is 42.0 Å². The fraction of sp³-hybridized carbons (Fsp3) is 0.533. The van der Waals surface area contributed by atoms with E-state index in [-0.39, 0.29) is 17.9 Å². The summed E-state index contributed by atoms with van der Waals surface area (Å²) in [6, 6.07) is 3.39. The molecule has 0 radical (unpaired) electrons. The first-order chi connectivity index (χ1) is 10.6. The Morgan fingerprint density at radius 2 is 2.41 bits per heavy atom. The van der Waals surface area contributed by atoms with E-state index >= 15 is 0 Å². The highest BCUT2D eigenvalue weighted by molar-refractivity contribution is 5.91. The summed E-state index contributed by atoms with van der Waals surface area (Å²) in [5.41, 5.74) is -0.323. The van der Waals surface area contributed by atoms with Crippen molar-refractivity contribution in [2.75, 3.05) is 20.2 Å². The Bertz CT molecular complexity index is 637. The summed E-state index contributed by atoms with van der Waals surface area (Å²) < 4.78 is 15.4. The second-order valence-corrected chi connectivity index (χ2v) is 5.81. The van der Waals surface area contributed by atoms with Crippen LogP contribution in [0.15, 0.2) is 27.3 Å². The topological polar surface area (TPSA) is 81.6 Å². The molecule has 3 heterocycles. The number of amides is 1. The third-order valence-corrected chi connectivity index (χ3v) is 3.99. The zero-order valence-corrected chi connectivity index (χ0v) is 12.7. The van der Waals surface area contributed by atoms with Gasteiger partial charge in [-0.3, -0.25) is 4.79 Å². The predicted octanol–water partition coefficient (Wildman–Crippen LogP) is 2.00. The van der Waals surface area contributed by atoms with Crippen LogP contribution in [0.4, 0.5) is 0 Å². The summed E-state index contributed by atoms with van der Waals surface area (Å²) in [5, 5.41) is 4.06. The number of carbonyl (C=O) groups is 1. The van der Waals surface area contributed by atoms with E-state index in [1.807, 2.05) is 0 Å². The average molecular weight is 305 g/mol. The third-order valence-electron chi connectivity index (χ3n) is 3.99. The molecule has 1 saturated heterocycles. The maximum Gasteiger partial charge on any atom is 0.289 e. The standard InChI is InChI=1S/C15H19N3O4/c1-15(14-16-12(9-20-2)22-17-14)6-4-7-18(10-15)13(19)11-5-3-8-21-11/h3,5,8H,4,6-7,9-10H2,1-2H3. The van der Waals surface area contributed by atoms with Crippen LogP contribution in [-0.2, 0) is 16.8 Å². The van der Waals surface area contributed by atoms with Gasteiger partial charge < -0.3 is 18.6 Å². The molecule has 2 aromatic rings. The molecular weight excluding hydrogens is 286 g/mol. The minimum Gasteiger partial charge on any atom is -0.459 e. The van der Waals surface area contributed by atoms with Crippen LogP contribution in [0.3, 0.4) is 0 Å². The fourth-order valence-electron chi connectivity index (χ4n) is 2.83. The Balaban J connectivity index is 1.77. The van der Waals surface area contributed by atoms with Crippen molar-refractivity contribution in [1.82, 2.24) is 15.0 Å².